The van der Waals surface area contributed by atoms with Crippen LogP contribution in [0, 0.1) is 5.82 Å². The monoisotopic (exact) mass is 469 g/mol. The van der Waals surface area contributed by atoms with Crippen molar-refractivity contribution in [1.82, 2.24) is 29.7 Å². The van der Waals surface area contributed by atoms with Crippen molar-refractivity contribution in [2.24, 2.45) is 7.05 Å². The van der Waals surface area contributed by atoms with Crippen molar-refractivity contribution >= 4 is 16.7 Å². The van der Waals surface area contributed by atoms with E-state index < -0.39 is 12.0 Å². The molecule has 0 amide bonds. The van der Waals surface area contributed by atoms with Crippen molar-refractivity contribution in [1.29, 1.82) is 0 Å². The molecule has 4 aromatic rings. The van der Waals surface area contributed by atoms with E-state index >= 15 is 0 Å². The molecule has 1 unspecified atom stereocenters. The largest absolute Gasteiger partial charge is 0.490 e. The third-order valence-electron chi connectivity index (χ3n) is 4.96. The number of halogens is 1. The van der Waals surface area contributed by atoms with E-state index in [-0.39, 0.29) is 17.9 Å². The molecule has 11 nitrogen and oxygen atoms in total. The first-order chi connectivity index (χ1) is 16.4. The molecule has 34 heavy (non-hydrogen) atoms. The molecule has 178 valence electrons. The van der Waals surface area contributed by atoms with Crippen LogP contribution in [0.4, 0.5) is 10.2 Å². The van der Waals surface area contributed by atoms with E-state index in [1.807, 2.05) is 0 Å². The quantitative estimate of drug-likeness (QED) is 0.179. The minimum Gasteiger partial charge on any atom is -0.490 e. The van der Waals surface area contributed by atoms with E-state index in [4.69, 9.17) is 9.47 Å². The number of nitrogens with one attached hydrogen (secondary N) is 2. The zero-order valence-electron chi connectivity index (χ0n) is 18.6. The van der Waals surface area contributed by atoms with Crippen LogP contribution in [0.25, 0.3) is 22.0 Å². The Morgan fingerprint density at radius 2 is 2.03 bits per heavy atom. The zero-order chi connectivity index (χ0) is 24.1. The number of aromatic nitrogens is 5. The average Bonchev–Trinajstić information content (AvgIpc) is 3.27. The summed E-state index contributed by atoms with van der Waals surface area (Å²) in [7, 11) is 3.33. The van der Waals surface area contributed by atoms with Gasteiger partial charge in [0, 0.05) is 43.9 Å². The fourth-order valence-corrected chi connectivity index (χ4v) is 3.25. The van der Waals surface area contributed by atoms with Crippen molar-refractivity contribution < 1.29 is 19.0 Å². The molecular formula is C22H24FN7O4. The Hall–Kier alpha value is -3.87. The maximum Gasteiger partial charge on any atom is 0.260 e. The van der Waals surface area contributed by atoms with Gasteiger partial charge in [0.25, 0.3) is 5.56 Å². The first-order valence-electron chi connectivity index (χ1n) is 10.4. The normalized spacial score (nSPS) is 12.1. The highest BCUT2D eigenvalue weighted by atomic mass is 19.1. The number of methoxy groups -OCH3 is 1. The van der Waals surface area contributed by atoms with E-state index in [9.17, 15) is 14.3 Å². The van der Waals surface area contributed by atoms with Gasteiger partial charge in [0.2, 0.25) is 0 Å². The Morgan fingerprint density at radius 3 is 2.76 bits per heavy atom. The van der Waals surface area contributed by atoms with Crippen LogP contribution >= 0.6 is 0 Å². The van der Waals surface area contributed by atoms with Gasteiger partial charge in [0.15, 0.2) is 11.6 Å². The predicted octanol–water partition coefficient (Wildman–Crippen LogP) is 1.29. The number of aliphatic hydroxyl groups is 1. The summed E-state index contributed by atoms with van der Waals surface area (Å²) in [5.41, 5.74) is 6.53. The number of anilines is 1. The molecule has 0 aliphatic carbocycles. The standard InChI is InChI=1S/C22H24FN7O4/c1-29-12-15(10-26-29)14-7-18(23)21(25-9-14)28-27-20(31)13-30-4-3-19-17(22(30)32)8-16(11-24-19)34-6-5-33-2/h3-4,7-12,20,27,31H,5-6,13H2,1-2H3,(H,25,28). The first-order valence-corrected chi connectivity index (χ1v) is 10.4. The number of aliphatic hydroxyl groups excluding tert-OH is 1. The maximum absolute atomic E-state index is 14.5. The van der Waals surface area contributed by atoms with Crippen LogP contribution in [0.3, 0.4) is 0 Å². The van der Waals surface area contributed by atoms with Gasteiger partial charge in [0.05, 0.1) is 36.4 Å². The van der Waals surface area contributed by atoms with Crippen LogP contribution in [-0.2, 0) is 18.3 Å². The van der Waals surface area contributed by atoms with Gasteiger partial charge in [-0.1, -0.05) is 0 Å². The predicted molar refractivity (Wildman–Crippen MR) is 123 cm³/mol. The third-order valence-corrected chi connectivity index (χ3v) is 4.96. The fraction of sp³-hybridized carbons (Fsp3) is 0.273. The molecule has 3 N–H and O–H groups in total. The van der Waals surface area contributed by atoms with Gasteiger partial charge in [-0.3, -0.25) is 14.5 Å². The van der Waals surface area contributed by atoms with Gasteiger partial charge in [-0.25, -0.2) is 14.8 Å². The molecule has 12 heteroatoms. The molecule has 4 heterocycles. The summed E-state index contributed by atoms with van der Waals surface area (Å²) >= 11 is 0. The number of rotatable bonds is 10. The second-order valence-electron chi connectivity index (χ2n) is 7.46. The highest BCUT2D eigenvalue weighted by Gasteiger charge is 2.12. The summed E-state index contributed by atoms with van der Waals surface area (Å²) in [5, 5.41) is 14.7. The lowest BCUT2D eigenvalue weighted by molar-refractivity contribution is 0.125. The van der Waals surface area contributed by atoms with Gasteiger partial charge in [-0.05, 0) is 18.2 Å². The van der Waals surface area contributed by atoms with Gasteiger partial charge in [-0.15, -0.1) is 0 Å². The smallest absolute Gasteiger partial charge is 0.260 e. The molecule has 0 saturated carbocycles. The number of nitrogens with zero attached hydrogens (tertiary/aromatic N) is 5. The van der Waals surface area contributed by atoms with Gasteiger partial charge in [-0.2, -0.15) is 5.10 Å². The Morgan fingerprint density at radius 1 is 1.18 bits per heavy atom. The van der Waals surface area contributed by atoms with Crippen molar-refractivity contribution in [3.05, 3.63) is 65.4 Å². The summed E-state index contributed by atoms with van der Waals surface area (Å²) in [4.78, 5) is 21.1. The van der Waals surface area contributed by atoms with Gasteiger partial charge < -0.3 is 24.6 Å². The average molecular weight is 469 g/mol. The number of hydrazine groups is 1. The van der Waals surface area contributed by atoms with E-state index in [1.165, 1.54) is 29.2 Å². The summed E-state index contributed by atoms with van der Waals surface area (Å²) in [6.45, 7) is 0.627. The molecule has 0 spiro atoms. The number of hydrogen-bond acceptors (Lipinski definition) is 9. The van der Waals surface area contributed by atoms with Crippen LogP contribution in [0.5, 0.6) is 5.75 Å². The Labute approximate surface area is 193 Å². The second kappa shape index (κ2) is 10.4. The molecule has 0 radical (unpaired) electrons. The summed E-state index contributed by atoms with van der Waals surface area (Å²) in [5.74, 6) is -0.272. The molecule has 4 rings (SSSR count). The molecule has 0 fully saturated rings. The molecule has 1 atom stereocenters. The molecule has 0 bridgehead atoms. The molecule has 0 aliphatic heterocycles. The van der Waals surface area contributed by atoms with E-state index in [0.717, 1.165) is 5.56 Å². The van der Waals surface area contributed by atoms with Gasteiger partial charge in [0.1, 0.15) is 18.6 Å². The number of aryl methyl sites for hydroxylation is 1. The summed E-state index contributed by atoms with van der Waals surface area (Å²) < 4.78 is 27.8. The molecular weight excluding hydrogens is 445 g/mol. The topological polar surface area (TPSA) is 128 Å². The zero-order valence-corrected chi connectivity index (χ0v) is 18.6. The van der Waals surface area contributed by atoms with Gasteiger partial charge >= 0.3 is 0 Å². The van der Waals surface area contributed by atoms with Crippen LogP contribution in [0.15, 0.2) is 54.0 Å². The number of hydrogen-bond donors (Lipinski definition) is 3. The van der Waals surface area contributed by atoms with Crippen molar-refractivity contribution in [2.75, 3.05) is 25.7 Å². The number of pyridine rings is 3. The summed E-state index contributed by atoms with van der Waals surface area (Å²) in [6, 6.07) is 4.57. The van der Waals surface area contributed by atoms with E-state index in [0.29, 0.717) is 35.4 Å². The van der Waals surface area contributed by atoms with Crippen molar-refractivity contribution in [3.63, 3.8) is 0 Å². The molecule has 0 saturated heterocycles. The van der Waals surface area contributed by atoms with Crippen LogP contribution < -0.4 is 21.1 Å². The lowest BCUT2D eigenvalue weighted by atomic mass is 10.1. The first kappa shape index (κ1) is 23.3. The minimum atomic E-state index is -1.22. The molecule has 0 aromatic carbocycles. The Bertz CT molecular complexity index is 1340. The highest BCUT2D eigenvalue weighted by molar-refractivity contribution is 5.78. The highest BCUT2D eigenvalue weighted by Crippen LogP contribution is 2.21. The van der Waals surface area contributed by atoms with E-state index in [1.54, 1.807) is 43.4 Å². The summed E-state index contributed by atoms with van der Waals surface area (Å²) in [6.07, 6.45) is 6.68. The molecule has 4 aromatic heterocycles. The van der Waals surface area contributed by atoms with Crippen LogP contribution in [0.2, 0.25) is 0 Å². The Kier molecular flexibility index (Phi) is 7.11. The lowest BCUT2D eigenvalue weighted by Crippen LogP contribution is -2.40. The fourth-order valence-electron chi connectivity index (χ4n) is 3.25. The number of fused-ring (bicyclic) bond motifs is 1. The Balaban J connectivity index is 1.41. The third kappa shape index (κ3) is 5.36. The second-order valence-corrected chi connectivity index (χ2v) is 7.46. The van der Waals surface area contributed by atoms with Crippen molar-refractivity contribution in [3.8, 4) is 16.9 Å². The van der Waals surface area contributed by atoms with Crippen molar-refractivity contribution in [2.45, 2.75) is 12.8 Å². The minimum absolute atomic E-state index is 0.0976. The number of ether oxygens (including phenoxy) is 2. The SMILES string of the molecule is COCCOc1cnc2ccn(CC(O)NNc3ncc(-c4cnn(C)c4)cc3F)c(=O)c2c1. The molecule has 0 aliphatic rings. The van der Waals surface area contributed by atoms with Crippen LogP contribution in [-0.4, -0.2) is 56.0 Å². The van der Waals surface area contributed by atoms with E-state index in [2.05, 4.69) is 25.9 Å². The maximum atomic E-state index is 14.5. The lowest BCUT2D eigenvalue weighted by Gasteiger charge is -2.16. The van der Waals surface area contributed by atoms with Crippen LogP contribution in [0.1, 0.15) is 0 Å².